The summed E-state index contributed by atoms with van der Waals surface area (Å²) in [6.45, 7) is 1.29. The second-order valence-corrected chi connectivity index (χ2v) is 7.40. The van der Waals surface area contributed by atoms with Crippen LogP contribution < -0.4 is 0 Å². The highest BCUT2D eigenvalue weighted by molar-refractivity contribution is 5.66. The number of carboxylic acid groups (broad SMARTS) is 1. The van der Waals surface area contributed by atoms with Crippen LogP contribution in [0.1, 0.15) is 83.5 Å². The first-order valence-electron chi connectivity index (χ1n) is 8.94. The predicted octanol–water partition coefficient (Wildman–Crippen LogP) is 4.85. The van der Waals surface area contributed by atoms with Crippen molar-refractivity contribution in [3.05, 3.63) is 0 Å². The highest BCUT2D eigenvalue weighted by Gasteiger charge is 2.04. The van der Waals surface area contributed by atoms with E-state index >= 15 is 0 Å². The molecule has 0 aliphatic heterocycles. The number of unbranched alkanes of at least 4 members (excludes halogenated alkanes) is 11. The average Bonchev–Trinajstić information content (AvgIpc) is 2.37. The van der Waals surface area contributed by atoms with Crippen LogP contribution in [-0.2, 0) is 4.79 Å². The van der Waals surface area contributed by atoms with Crippen molar-refractivity contribution in [2.75, 3.05) is 27.7 Å². The van der Waals surface area contributed by atoms with Gasteiger partial charge in [-0.2, -0.15) is 0 Å². The molecule has 0 heterocycles. The fourth-order valence-corrected chi connectivity index (χ4v) is 2.63. The summed E-state index contributed by atoms with van der Waals surface area (Å²) in [5.74, 6) is -0.656. The monoisotopic (exact) mass is 300 g/mol. The zero-order valence-electron chi connectivity index (χ0n) is 14.7. The van der Waals surface area contributed by atoms with Crippen molar-refractivity contribution in [3.63, 3.8) is 0 Å². The molecular formula is C18H38NO2+. The molecule has 0 radical (unpaired) electrons. The molecule has 1 N–H and O–H groups in total. The van der Waals surface area contributed by atoms with Gasteiger partial charge in [0.2, 0.25) is 0 Å². The number of nitrogens with zero attached hydrogens (tertiary/aromatic N) is 1. The van der Waals surface area contributed by atoms with Gasteiger partial charge in [0.1, 0.15) is 0 Å². The quantitative estimate of drug-likeness (QED) is 0.347. The van der Waals surface area contributed by atoms with E-state index in [0.29, 0.717) is 6.42 Å². The number of hydrogen-bond acceptors (Lipinski definition) is 1. The zero-order valence-corrected chi connectivity index (χ0v) is 14.7. The first kappa shape index (κ1) is 20.4. The topological polar surface area (TPSA) is 37.3 Å². The fraction of sp³-hybridized carbons (Fsp3) is 0.944. The standard InChI is InChI=1S/C18H37NO2/c1-19(2,3)17-15-13-11-9-7-5-4-6-8-10-12-14-16-18(20)21/h4-17H2,1-3H3/p+1. The maximum atomic E-state index is 10.3. The van der Waals surface area contributed by atoms with Gasteiger partial charge >= 0.3 is 5.97 Å². The van der Waals surface area contributed by atoms with Crippen LogP contribution in [0.4, 0.5) is 0 Å². The van der Waals surface area contributed by atoms with Gasteiger partial charge in [0.25, 0.3) is 0 Å². The van der Waals surface area contributed by atoms with Crippen LogP contribution in [0.15, 0.2) is 0 Å². The van der Waals surface area contributed by atoms with Crippen molar-refractivity contribution >= 4 is 5.97 Å². The predicted molar refractivity (Wildman–Crippen MR) is 90.6 cm³/mol. The summed E-state index contributed by atoms with van der Waals surface area (Å²) >= 11 is 0. The van der Waals surface area contributed by atoms with E-state index in [1.165, 1.54) is 70.8 Å². The summed E-state index contributed by atoms with van der Waals surface area (Å²) in [6, 6.07) is 0. The molecule has 3 heteroatoms. The average molecular weight is 301 g/mol. The Bertz CT molecular complexity index is 246. The molecule has 0 atom stereocenters. The Hall–Kier alpha value is -0.570. The normalized spacial score (nSPS) is 11.8. The maximum absolute atomic E-state index is 10.3. The number of aliphatic carboxylic acids is 1. The summed E-state index contributed by atoms with van der Waals surface area (Å²) in [6.07, 6.45) is 15.8. The molecule has 0 amide bonds. The fourth-order valence-electron chi connectivity index (χ4n) is 2.63. The number of hydrogen-bond donors (Lipinski definition) is 1. The van der Waals surface area contributed by atoms with E-state index in [4.69, 9.17) is 5.11 Å². The van der Waals surface area contributed by atoms with E-state index in [1.807, 2.05) is 0 Å². The molecule has 0 spiro atoms. The molecule has 0 aliphatic rings. The second-order valence-electron chi connectivity index (χ2n) is 7.40. The SMILES string of the molecule is C[N+](C)(C)CCCCCCCCCCCCCCC(=O)O. The molecule has 0 bridgehead atoms. The van der Waals surface area contributed by atoms with E-state index in [0.717, 1.165) is 17.3 Å². The molecule has 0 aromatic rings. The summed E-state index contributed by atoms with van der Waals surface area (Å²) in [5, 5.41) is 8.53. The summed E-state index contributed by atoms with van der Waals surface area (Å²) < 4.78 is 1.09. The number of rotatable bonds is 15. The maximum Gasteiger partial charge on any atom is 0.303 e. The Morgan fingerprint density at radius 2 is 1.00 bits per heavy atom. The summed E-state index contributed by atoms with van der Waals surface area (Å²) in [4.78, 5) is 10.3. The first-order valence-corrected chi connectivity index (χ1v) is 8.94. The molecule has 0 saturated heterocycles. The molecule has 3 nitrogen and oxygen atoms in total. The summed E-state index contributed by atoms with van der Waals surface area (Å²) in [5.41, 5.74) is 0. The lowest BCUT2D eigenvalue weighted by Crippen LogP contribution is -2.35. The van der Waals surface area contributed by atoms with Crippen molar-refractivity contribution in [3.8, 4) is 0 Å². The molecule has 0 unspecified atom stereocenters. The van der Waals surface area contributed by atoms with Gasteiger partial charge < -0.3 is 9.59 Å². The molecule has 0 rings (SSSR count). The van der Waals surface area contributed by atoms with Gasteiger partial charge in [-0.25, -0.2) is 0 Å². The smallest absolute Gasteiger partial charge is 0.303 e. The van der Waals surface area contributed by atoms with E-state index < -0.39 is 5.97 Å². The lowest BCUT2D eigenvalue weighted by molar-refractivity contribution is -0.870. The molecule has 0 aromatic carbocycles. The summed E-state index contributed by atoms with van der Waals surface area (Å²) in [7, 11) is 6.80. The largest absolute Gasteiger partial charge is 0.481 e. The van der Waals surface area contributed by atoms with Crippen LogP contribution in [0.5, 0.6) is 0 Å². The van der Waals surface area contributed by atoms with E-state index in [1.54, 1.807) is 0 Å². The Morgan fingerprint density at radius 3 is 1.33 bits per heavy atom. The molecule has 0 aliphatic carbocycles. The van der Waals surface area contributed by atoms with Crippen molar-refractivity contribution in [1.82, 2.24) is 0 Å². The van der Waals surface area contributed by atoms with Gasteiger partial charge in [0.15, 0.2) is 0 Å². The van der Waals surface area contributed by atoms with Gasteiger partial charge in [-0.05, 0) is 19.3 Å². The van der Waals surface area contributed by atoms with Crippen LogP contribution in [0.3, 0.4) is 0 Å². The lowest BCUT2D eigenvalue weighted by Gasteiger charge is -2.23. The third kappa shape index (κ3) is 19.4. The van der Waals surface area contributed by atoms with Gasteiger partial charge in [-0.3, -0.25) is 4.79 Å². The van der Waals surface area contributed by atoms with Crippen LogP contribution >= 0.6 is 0 Å². The first-order chi connectivity index (χ1) is 9.92. The number of quaternary nitrogens is 1. The highest BCUT2D eigenvalue weighted by atomic mass is 16.4. The Morgan fingerprint density at radius 1 is 0.667 bits per heavy atom. The van der Waals surface area contributed by atoms with Gasteiger partial charge in [0, 0.05) is 6.42 Å². The minimum atomic E-state index is -0.656. The van der Waals surface area contributed by atoms with Crippen molar-refractivity contribution < 1.29 is 14.4 Å². The minimum Gasteiger partial charge on any atom is -0.481 e. The van der Waals surface area contributed by atoms with Crippen LogP contribution in [0, 0.1) is 0 Å². The van der Waals surface area contributed by atoms with Crippen molar-refractivity contribution in [2.45, 2.75) is 83.5 Å². The van der Waals surface area contributed by atoms with Crippen LogP contribution in [0.25, 0.3) is 0 Å². The molecule has 126 valence electrons. The molecular weight excluding hydrogens is 262 g/mol. The third-order valence-electron chi connectivity index (χ3n) is 3.97. The minimum absolute atomic E-state index is 0.341. The van der Waals surface area contributed by atoms with Gasteiger partial charge in [-0.1, -0.05) is 57.8 Å². The second kappa shape index (κ2) is 13.1. The zero-order chi connectivity index (χ0) is 16.0. The van der Waals surface area contributed by atoms with Gasteiger partial charge in [0.05, 0.1) is 27.7 Å². The highest BCUT2D eigenvalue weighted by Crippen LogP contribution is 2.12. The number of carbonyl (C=O) groups is 1. The molecule has 21 heavy (non-hydrogen) atoms. The molecule has 0 saturated carbocycles. The van der Waals surface area contributed by atoms with E-state index in [-0.39, 0.29) is 0 Å². The third-order valence-corrected chi connectivity index (χ3v) is 3.97. The van der Waals surface area contributed by atoms with Crippen molar-refractivity contribution in [1.29, 1.82) is 0 Å². The van der Waals surface area contributed by atoms with Crippen molar-refractivity contribution in [2.24, 2.45) is 0 Å². The lowest BCUT2D eigenvalue weighted by atomic mass is 10.0. The van der Waals surface area contributed by atoms with Crippen LogP contribution in [0.2, 0.25) is 0 Å². The Labute approximate surface area is 132 Å². The van der Waals surface area contributed by atoms with E-state index in [2.05, 4.69) is 21.1 Å². The van der Waals surface area contributed by atoms with E-state index in [9.17, 15) is 4.79 Å². The van der Waals surface area contributed by atoms with Gasteiger partial charge in [-0.15, -0.1) is 0 Å². The Balaban J connectivity index is 3.04. The van der Waals surface area contributed by atoms with Crippen LogP contribution in [-0.4, -0.2) is 43.2 Å². The molecule has 0 fully saturated rings. The molecule has 0 aromatic heterocycles. The Kier molecular flexibility index (Phi) is 12.8. The number of carboxylic acids is 1.